The first-order valence-corrected chi connectivity index (χ1v) is 8.09. The van der Waals surface area contributed by atoms with Gasteiger partial charge >= 0.3 is 0 Å². The van der Waals surface area contributed by atoms with Crippen molar-refractivity contribution >= 4 is 34.0 Å². The van der Waals surface area contributed by atoms with E-state index in [9.17, 15) is 4.79 Å². The first kappa shape index (κ1) is 12.3. The Labute approximate surface area is 114 Å². The van der Waals surface area contributed by atoms with Crippen LogP contribution in [0.15, 0.2) is 0 Å². The van der Waals surface area contributed by atoms with Gasteiger partial charge in [-0.25, -0.2) is 0 Å². The van der Waals surface area contributed by atoms with Gasteiger partial charge < -0.3 is 15.4 Å². The van der Waals surface area contributed by atoms with Crippen molar-refractivity contribution in [3.05, 3.63) is 16.0 Å². The van der Waals surface area contributed by atoms with Crippen molar-refractivity contribution in [2.75, 3.05) is 37.8 Å². The van der Waals surface area contributed by atoms with Crippen LogP contribution >= 0.6 is 23.1 Å². The number of morpholine rings is 1. The van der Waals surface area contributed by atoms with E-state index in [-0.39, 0.29) is 5.91 Å². The molecule has 6 heteroatoms. The first-order chi connectivity index (χ1) is 8.77. The van der Waals surface area contributed by atoms with Crippen molar-refractivity contribution in [3.63, 3.8) is 0 Å². The number of thioether (sulfide) groups is 1. The zero-order valence-electron chi connectivity index (χ0n) is 10.1. The second-order valence-corrected chi connectivity index (χ2v) is 6.69. The van der Waals surface area contributed by atoms with E-state index in [2.05, 4.69) is 0 Å². The predicted molar refractivity (Wildman–Crippen MR) is 75.3 cm³/mol. The number of fused-ring (bicyclic) bond motifs is 1. The summed E-state index contributed by atoms with van der Waals surface area (Å²) in [6, 6.07) is 0. The number of carbonyl (C=O) groups excluding carboxylic acids is 1. The zero-order valence-corrected chi connectivity index (χ0v) is 11.7. The molecule has 0 radical (unpaired) electrons. The molecule has 0 atom stereocenters. The Morgan fingerprint density at radius 3 is 2.89 bits per heavy atom. The molecule has 1 saturated heterocycles. The molecule has 0 aromatic carbocycles. The van der Waals surface area contributed by atoms with Crippen LogP contribution in [-0.2, 0) is 16.9 Å². The molecule has 18 heavy (non-hydrogen) atoms. The summed E-state index contributed by atoms with van der Waals surface area (Å²) >= 11 is 3.50. The van der Waals surface area contributed by atoms with E-state index < -0.39 is 0 Å². The average Bonchev–Trinajstić information content (AvgIpc) is 2.75. The third-order valence-corrected chi connectivity index (χ3v) is 5.59. The molecular weight excluding hydrogens is 268 g/mol. The minimum atomic E-state index is 0.0974. The number of nitrogens with two attached hydrogens (primary N) is 1. The molecular formula is C12H16N2O2S2. The fourth-order valence-electron chi connectivity index (χ4n) is 2.41. The van der Waals surface area contributed by atoms with Gasteiger partial charge in [-0.15, -0.1) is 11.3 Å². The topological polar surface area (TPSA) is 55.6 Å². The van der Waals surface area contributed by atoms with E-state index in [1.807, 2.05) is 16.7 Å². The van der Waals surface area contributed by atoms with Crippen molar-refractivity contribution in [1.29, 1.82) is 0 Å². The lowest BCUT2D eigenvalue weighted by atomic mass is 10.1. The van der Waals surface area contributed by atoms with Crippen LogP contribution in [0, 0.1) is 0 Å². The quantitative estimate of drug-likeness (QED) is 0.851. The Morgan fingerprint density at radius 2 is 2.11 bits per heavy atom. The van der Waals surface area contributed by atoms with Crippen LogP contribution in [0.25, 0.3) is 0 Å². The van der Waals surface area contributed by atoms with Crippen LogP contribution in [0.5, 0.6) is 0 Å². The van der Waals surface area contributed by atoms with Gasteiger partial charge in [0.2, 0.25) is 0 Å². The molecule has 2 N–H and O–H groups in total. The second kappa shape index (κ2) is 5.11. The highest BCUT2D eigenvalue weighted by Gasteiger charge is 2.28. The lowest BCUT2D eigenvalue weighted by Gasteiger charge is -2.27. The fraction of sp³-hybridized carbons (Fsp3) is 0.583. The van der Waals surface area contributed by atoms with Crippen LogP contribution < -0.4 is 5.73 Å². The van der Waals surface area contributed by atoms with Crippen molar-refractivity contribution in [3.8, 4) is 0 Å². The monoisotopic (exact) mass is 284 g/mol. The number of nitrogen functional groups attached to an aromatic ring is 1. The summed E-state index contributed by atoms with van der Waals surface area (Å²) in [5.41, 5.74) is 8.04. The van der Waals surface area contributed by atoms with E-state index >= 15 is 0 Å². The number of amides is 1. The molecule has 98 valence electrons. The molecule has 0 bridgehead atoms. The van der Waals surface area contributed by atoms with E-state index in [1.54, 1.807) is 11.3 Å². The van der Waals surface area contributed by atoms with Gasteiger partial charge in [0.1, 0.15) is 0 Å². The lowest BCUT2D eigenvalue weighted by Crippen LogP contribution is -2.41. The third kappa shape index (κ3) is 2.13. The third-order valence-electron chi connectivity index (χ3n) is 3.36. The van der Waals surface area contributed by atoms with Gasteiger partial charge in [0.15, 0.2) is 0 Å². The summed E-state index contributed by atoms with van der Waals surface area (Å²) in [6.07, 6.45) is 0.971. The Hall–Kier alpha value is -0.720. The van der Waals surface area contributed by atoms with Crippen LogP contribution in [0.3, 0.4) is 0 Å². The standard InChI is InChI=1S/C12H16N2O2S2/c13-11-10(8-1-6-17-7-9(8)18-11)12(15)14-2-4-16-5-3-14/h1-7,13H2. The molecule has 3 heterocycles. The smallest absolute Gasteiger partial charge is 0.257 e. The number of carbonyl (C=O) groups is 1. The second-order valence-electron chi connectivity index (χ2n) is 4.45. The summed E-state index contributed by atoms with van der Waals surface area (Å²) in [5, 5.41) is 0.694. The van der Waals surface area contributed by atoms with Gasteiger partial charge in [0.25, 0.3) is 5.91 Å². The Morgan fingerprint density at radius 1 is 1.33 bits per heavy atom. The number of anilines is 1. The molecule has 1 amide bonds. The largest absolute Gasteiger partial charge is 0.390 e. The highest BCUT2D eigenvalue weighted by Crippen LogP contribution is 2.38. The summed E-state index contributed by atoms with van der Waals surface area (Å²) in [7, 11) is 0. The SMILES string of the molecule is Nc1sc2c(c1C(=O)N1CCOCC1)CCSC2. The van der Waals surface area contributed by atoms with E-state index in [1.165, 1.54) is 10.4 Å². The van der Waals surface area contributed by atoms with E-state index in [0.717, 1.165) is 23.5 Å². The predicted octanol–water partition coefficient (Wildman–Crippen LogP) is 1.59. The van der Waals surface area contributed by atoms with Gasteiger partial charge in [-0.1, -0.05) is 0 Å². The van der Waals surface area contributed by atoms with Crippen LogP contribution in [0.4, 0.5) is 5.00 Å². The highest BCUT2D eigenvalue weighted by molar-refractivity contribution is 7.98. The number of rotatable bonds is 1. The molecule has 0 saturated carbocycles. The van der Waals surface area contributed by atoms with Crippen molar-refractivity contribution in [2.45, 2.75) is 12.2 Å². The van der Waals surface area contributed by atoms with Crippen molar-refractivity contribution < 1.29 is 9.53 Å². The normalized spacial score (nSPS) is 19.7. The maximum Gasteiger partial charge on any atom is 0.257 e. The van der Waals surface area contributed by atoms with Crippen LogP contribution in [-0.4, -0.2) is 42.9 Å². The number of nitrogens with zero attached hydrogens (tertiary/aromatic N) is 1. The Bertz CT molecular complexity index is 467. The minimum Gasteiger partial charge on any atom is -0.390 e. The van der Waals surface area contributed by atoms with E-state index in [0.29, 0.717) is 31.3 Å². The van der Waals surface area contributed by atoms with Crippen molar-refractivity contribution in [2.24, 2.45) is 0 Å². The molecule has 2 aliphatic heterocycles. The maximum absolute atomic E-state index is 12.5. The first-order valence-electron chi connectivity index (χ1n) is 6.12. The van der Waals surface area contributed by atoms with Gasteiger partial charge in [-0.05, 0) is 17.7 Å². The molecule has 4 nitrogen and oxygen atoms in total. The maximum atomic E-state index is 12.5. The summed E-state index contributed by atoms with van der Waals surface area (Å²) in [4.78, 5) is 15.7. The molecule has 0 spiro atoms. The Kier molecular flexibility index (Phi) is 3.50. The van der Waals surface area contributed by atoms with Gasteiger partial charge in [0.05, 0.1) is 23.8 Å². The molecule has 3 rings (SSSR count). The molecule has 1 fully saturated rings. The van der Waals surface area contributed by atoms with Gasteiger partial charge in [-0.3, -0.25) is 4.79 Å². The molecule has 0 aliphatic carbocycles. The Balaban J connectivity index is 1.90. The summed E-state index contributed by atoms with van der Waals surface area (Å²) < 4.78 is 5.28. The molecule has 2 aliphatic rings. The summed E-state index contributed by atoms with van der Waals surface area (Å²) in [5.74, 6) is 2.19. The summed E-state index contributed by atoms with van der Waals surface area (Å²) in [6.45, 7) is 2.62. The lowest BCUT2D eigenvalue weighted by molar-refractivity contribution is 0.0303. The highest BCUT2D eigenvalue weighted by atomic mass is 32.2. The van der Waals surface area contributed by atoms with Crippen LogP contribution in [0.1, 0.15) is 20.8 Å². The number of hydrogen-bond donors (Lipinski definition) is 1. The molecule has 1 aromatic rings. The molecule has 0 unspecified atom stereocenters. The average molecular weight is 284 g/mol. The van der Waals surface area contributed by atoms with Crippen molar-refractivity contribution in [1.82, 2.24) is 4.90 Å². The van der Waals surface area contributed by atoms with Crippen LogP contribution in [0.2, 0.25) is 0 Å². The number of thiophene rings is 1. The minimum absolute atomic E-state index is 0.0974. The number of hydrogen-bond acceptors (Lipinski definition) is 5. The molecule has 1 aromatic heterocycles. The zero-order chi connectivity index (χ0) is 12.5. The van der Waals surface area contributed by atoms with E-state index in [4.69, 9.17) is 10.5 Å². The number of ether oxygens (including phenoxy) is 1. The van der Waals surface area contributed by atoms with Gasteiger partial charge in [-0.2, -0.15) is 11.8 Å². The van der Waals surface area contributed by atoms with Gasteiger partial charge in [0, 0.05) is 23.7 Å². The fourth-order valence-corrected chi connectivity index (χ4v) is 4.66.